The van der Waals surface area contributed by atoms with Crippen LogP contribution in [0.3, 0.4) is 0 Å². The molecule has 4 heteroatoms. The zero-order valence-corrected chi connectivity index (χ0v) is 13.9. The first-order valence-electron chi connectivity index (χ1n) is 8.73. The summed E-state index contributed by atoms with van der Waals surface area (Å²) in [4.78, 5) is 12.2. The minimum absolute atomic E-state index is 0.0809. The van der Waals surface area contributed by atoms with Crippen molar-refractivity contribution >= 4 is 11.5 Å². The zero-order valence-electron chi connectivity index (χ0n) is 13.9. The molecule has 2 N–H and O–H groups in total. The number of hydrogen-bond acceptors (Lipinski definition) is 4. The average molecular weight is 315 g/mol. The third-order valence-electron chi connectivity index (χ3n) is 6.56. The lowest BCUT2D eigenvalue weighted by atomic mass is 9.59. The van der Waals surface area contributed by atoms with Gasteiger partial charge in [-0.3, -0.25) is 4.79 Å². The van der Waals surface area contributed by atoms with Crippen LogP contribution >= 0.6 is 0 Å². The number of ether oxygens (including phenoxy) is 1. The Bertz CT molecular complexity index is 656. The summed E-state index contributed by atoms with van der Waals surface area (Å²) in [5.74, 6) is 2.03. The molecule has 3 aliphatic carbocycles. The third-order valence-corrected chi connectivity index (χ3v) is 6.56. The number of carbonyl (C=O) groups is 1. The number of fused-ring (bicyclic) bond motifs is 5. The lowest BCUT2D eigenvalue weighted by Crippen LogP contribution is -2.49. The van der Waals surface area contributed by atoms with E-state index in [1.807, 2.05) is 13.1 Å². The van der Waals surface area contributed by atoms with Crippen molar-refractivity contribution in [2.24, 2.45) is 11.8 Å². The van der Waals surface area contributed by atoms with Crippen molar-refractivity contribution in [3.8, 4) is 5.75 Å². The van der Waals surface area contributed by atoms with Gasteiger partial charge in [0.05, 0.1) is 12.8 Å². The van der Waals surface area contributed by atoms with E-state index in [-0.39, 0.29) is 11.7 Å². The van der Waals surface area contributed by atoms with Gasteiger partial charge < -0.3 is 15.2 Å². The van der Waals surface area contributed by atoms with Gasteiger partial charge in [-0.1, -0.05) is 6.07 Å². The van der Waals surface area contributed by atoms with Gasteiger partial charge in [0.1, 0.15) is 11.4 Å². The number of rotatable bonds is 2. The highest BCUT2D eigenvalue weighted by Gasteiger charge is 2.56. The normalized spacial score (nSPS) is 35.3. The van der Waals surface area contributed by atoms with Crippen LogP contribution in [0, 0.1) is 11.8 Å². The van der Waals surface area contributed by atoms with E-state index in [4.69, 9.17) is 4.74 Å². The lowest BCUT2D eigenvalue weighted by Gasteiger charge is -2.47. The topological polar surface area (TPSA) is 58.6 Å². The van der Waals surface area contributed by atoms with Crippen LogP contribution < -0.4 is 10.1 Å². The first kappa shape index (κ1) is 15.0. The van der Waals surface area contributed by atoms with Gasteiger partial charge in [0.15, 0.2) is 5.78 Å². The molecule has 4 rings (SSSR count). The Morgan fingerprint density at radius 2 is 2.09 bits per heavy atom. The molecule has 0 spiro atoms. The van der Waals surface area contributed by atoms with Gasteiger partial charge >= 0.3 is 0 Å². The number of anilines is 1. The highest BCUT2D eigenvalue weighted by molar-refractivity contribution is 5.90. The maximum atomic E-state index is 12.2. The Hall–Kier alpha value is -1.55. The predicted octanol–water partition coefficient (Wildman–Crippen LogP) is 2.89. The number of carbonyl (C=O) groups excluding carboxylic acids is 1. The second-order valence-electron chi connectivity index (χ2n) is 7.30. The van der Waals surface area contributed by atoms with Gasteiger partial charge in [0, 0.05) is 13.5 Å². The van der Waals surface area contributed by atoms with Gasteiger partial charge in [0.25, 0.3) is 0 Å². The molecule has 0 aromatic heterocycles. The molecular formula is C19H25NO3. The number of ketones is 1. The van der Waals surface area contributed by atoms with E-state index in [1.54, 1.807) is 7.11 Å². The zero-order chi connectivity index (χ0) is 16.2. The quantitative estimate of drug-likeness (QED) is 0.881. The predicted molar refractivity (Wildman–Crippen MR) is 89.0 cm³/mol. The standard InChI is InChI=1S/C19H25NO3/c1-20-18-14-4-3-13-12(11(14)5-7-16(18)23-2)9-10-19(22)15(13)6-8-17(19)21/h5,7,12-13,15,20,22H,3-4,6,8-10H2,1-2H3. The van der Waals surface area contributed by atoms with Crippen LogP contribution in [-0.2, 0) is 11.2 Å². The van der Waals surface area contributed by atoms with Crippen molar-refractivity contribution in [2.45, 2.75) is 50.0 Å². The average Bonchev–Trinajstić information content (AvgIpc) is 2.88. The molecule has 0 amide bonds. The molecule has 124 valence electrons. The number of nitrogens with one attached hydrogen (secondary N) is 1. The van der Waals surface area contributed by atoms with E-state index in [0.717, 1.165) is 37.1 Å². The monoisotopic (exact) mass is 315 g/mol. The summed E-state index contributed by atoms with van der Waals surface area (Å²) in [6.45, 7) is 0. The summed E-state index contributed by atoms with van der Waals surface area (Å²) in [5.41, 5.74) is 2.83. The van der Waals surface area contributed by atoms with Crippen molar-refractivity contribution in [1.29, 1.82) is 0 Å². The minimum atomic E-state index is -1.03. The molecule has 0 heterocycles. The fourth-order valence-electron chi connectivity index (χ4n) is 5.51. The summed E-state index contributed by atoms with van der Waals surface area (Å²) < 4.78 is 5.49. The largest absolute Gasteiger partial charge is 0.495 e. The lowest BCUT2D eigenvalue weighted by molar-refractivity contribution is -0.143. The summed E-state index contributed by atoms with van der Waals surface area (Å²) in [6.07, 6.45) is 5.00. The molecule has 0 saturated heterocycles. The second kappa shape index (κ2) is 5.23. The van der Waals surface area contributed by atoms with E-state index in [9.17, 15) is 9.90 Å². The Morgan fingerprint density at radius 1 is 1.26 bits per heavy atom. The highest BCUT2D eigenvalue weighted by Crippen LogP contribution is 2.56. The molecule has 0 bridgehead atoms. The van der Waals surface area contributed by atoms with Gasteiger partial charge in [-0.15, -0.1) is 0 Å². The molecule has 23 heavy (non-hydrogen) atoms. The molecule has 4 atom stereocenters. The van der Waals surface area contributed by atoms with Crippen LogP contribution in [0.1, 0.15) is 49.1 Å². The van der Waals surface area contributed by atoms with E-state index < -0.39 is 5.60 Å². The van der Waals surface area contributed by atoms with E-state index in [1.165, 1.54) is 11.1 Å². The van der Waals surface area contributed by atoms with Crippen molar-refractivity contribution in [2.75, 3.05) is 19.5 Å². The molecule has 4 nitrogen and oxygen atoms in total. The van der Waals surface area contributed by atoms with Gasteiger partial charge in [-0.05, 0) is 67.1 Å². The first-order chi connectivity index (χ1) is 11.1. The molecule has 0 aliphatic heterocycles. The van der Waals surface area contributed by atoms with E-state index in [2.05, 4.69) is 11.4 Å². The van der Waals surface area contributed by atoms with Crippen LogP contribution in [0.2, 0.25) is 0 Å². The van der Waals surface area contributed by atoms with Crippen molar-refractivity contribution in [1.82, 2.24) is 0 Å². The molecular weight excluding hydrogens is 290 g/mol. The summed E-state index contributed by atoms with van der Waals surface area (Å²) in [7, 11) is 3.65. The van der Waals surface area contributed by atoms with Crippen LogP contribution in [0.15, 0.2) is 12.1 Å². The molecule has 2 fully saturated rings. The Balaban J connectivity index is 1.74. The van der Waals surface area contributed by atoms with Crippen LogP contribution in [0.4, 0.5) is 5.69 Å². The number of aliphatic hydroxyl groups is 1. The summed E-state index contributed by atoms with van der Waals surface area (Å²) >= 11 is 0. The molecule has 1 aromatic carbocycles. The number of benzene rings is 1. The van der Waals surface area contributed by atoms with Crippen molar-refractivity contribution < 1.29 is 14.6 Å². The Morgan fingerprint density at radius 3 is 2.83 bits per heavy atom. The van der Waals surface area contributed by atoms with E-state index >= 15 is 0 Å². The summed E-state index contributed by atoms with van der Waals surface area (Å²) in [5, 5.41) is 14.2. The minimum Gasteiger partial charge on any atom is -0.495 e. The molecule has 3 aliphatic rings. The van der Waals surface area contributed by atoms with Gasteiger partial charge in [0.2, 0.25) is 0 Å². The van der Waals surface area contributed by atoms with Crippen LogP contribution in [0.25, 0.3) is 0 Å². The van der Waals surface area contributed by atoms with Gasteiger partial charge in [-0.2, -0.15) is 0 Å². The maximum absolute atomic E-state index is 12.2. The third kappa shape index (κ3) is 1.97. The van der Waals surface area contributed by atoms with Crippen LogP contribution in [-0.4, -0.2) is 30.6 Å². The Kier molecular flexibility index (Phi) is 3.41. The fraction of sp³-hybridized carbons (Fsp3) is 0.632. The second-order valence-corrected chi connectivity index (χ2v) is 7.30. The summed E-state index contributed by atoms with van der Waals surface area (Å²) in [6, 6.07) is 4.25. The molecule has 4 unspecified atom stereocenters. The van der Waals surface area contributed by atoms with E-state index in [0.29, 0.717) is 24.7 Å². The first-order valence-corrected chi connectivity index (χ1v) is 8.73. The fourth-order valence-corrected chi connectivity index (χ4v) is 5.51. The van der Waals surface area contributed by atoms with Crippen molar-refractivity contribution in [3.05, 3.63) is 23.3 Å². The van der Waals surface area contributed by atoms with Crippen LogP contribution in [0.5, 0.6) is 5.75 Å². The number of hydrogen-bond donors (Lipinski definition) is 2. The highest BCUT2D eigenvalue weighted by atomic mass is 16.5. The SMILES string of the molecule is CNc1c(OC)ccc2c1CCC1C2CCC2(O)C(=O)CCC12. The van der Waals surface area contributed by atoms with Gasteiger partial charge in [-0.25, -0.2) is 0 Å². The number of methoxy groups -OCH3 is 1. The van der Waals surface area contributed by atoms with Crippen molar-refractivity contribution in [3.63, 3.8) is 0 Å². The number of Topliss-reactive ketones (excluding diaryl/α,β-unsaturated/α-hetero) is 1. The maximum Gasteiger partial charge on any atom is 0.164 e. The molecule has 2 saturated carbocycles. The molecule has 1 aromatic rings. The smallest absolute Gasteiger partial charge is 0.164 e. The Labute approximate surface area is 137 Å². The molecule has 0 radical (unpaired) electrons.